The maximum absolute atomic E-state index is 13.2. The Labute approximate surface area is 179 Å². The van der Waals surface area contributed by atoms with Crippen LogP contribution in [0.3, 0.4) is 0 Å². The predicted molar refractivity (Wildman–Crippen MR) is 115 cm³/mol. The van der Waals surface area contributed by atoms with Crippen LogP contribution in [-0.2, 0) is 0 Å². The van der Waals surface area contributed by atoms with E-state index in [1.807, 2.05) is 36.9 Å². The zero-order valence-corrected chi connectivity index (χ0v) is 17.8. The SMILES string of the molecule is Cc1cc(C(=O)N2CCN(c3ncc(Cl)cc3Cl)CC2)c(C)n1-c1cccnc1. The van der Waals surface area contributed by atoms with Gasteiger partial charge in [-0.05, 0) is 38.1 Å². The summed E-state index contributed by atoms with van der Waals surface area (Å²) in [5, 5.41) is 1.04. The smallest absolute Gasteiger partial charge is 0.255 e. The van der Waals surface area contributed by atoms with Gasteiger partial charge in [-0.15, -0.1) is 0 Å². The van der Waals surface area contributed by atoms with E-state index in [4.69, 9.17) is 23.2 Å². The van der Waals surface area contributed by atoms with Crippen molar-refractivity contribution in [3.8, 4) is 5.69 Å². The Bertz CT molecular complexity index is 1040. The Kier molecular flexibility index (Phi) is 5.48. The minimum atomic E-state index is 0.0445. The number of carbonyl (C=O) groups is 1. The number of anilines is 1. The number of hydrogen-bond acceptors (Lipinski definition) is 4. The lowest BCUT2D eigenvalue weighted by Crippen LogP contribution is -2.49. The summed E-state index contributed by atoms with van der Waals surface area (Å²) in [5.41, 5.74) is 3.61. The fourth-order valence-electron chi connectivity index (χ4n) is 3.79. The van der Waals surface area contributed by atoms with Gasteiger partial charge in [-0.3, -0.25) is 9.78 Å². The molecule has 0 aliphatic carbocycles. The molecule has 1 amide bonds. The summed E-state index contributed by atoms with van der Waals surface area (Å²) in [7, 11) is 0. The number of piperazine rings is 1. The lowest BCUT2D eigenvalue weighted by molar-refractivity contribution is 0.0746. The summed E-state index contributed by atoms with van der Waals surface area (Å²) in [5.74, 6) is 0.751. The van der Waals surface area contributed by atoms with Crippen molar-refractivity contribution in [3.63, 3.8) is 0 Å². The Hall–Kier alpha value is -2.57. The summed E-state index contributed by atoms with van der Waals surface area (Å²) in [6.45, 7) is 6.53. The normalized spacial score (nSPS) is 14.3. The lowest BCUT2D eigenvalue weighted by atomic mass is 10.2. The van der Waals surface area contributed by atoms with Gasteiger partial charge in [0, 0.05) is 50.0 Å². The van der Waals surface area contributed by atoms with Gasteiger partial charge in [0.1, 0.15) is 5.82 Å². The number of aromatic nitrogens is 3. The van der Waals surface area contributed by atoms with Gasteiger partial charge in [0.25, 0.3) is 5.91 Å². The zero-order chi connectivity index (χ0) is 20.5. The molecular formula is C21H21Cl2N5O. The molecule has 0 atom stereocenters. The predicted octanol–water partition coefficient (Wildman–Crippen LogP) is 4.15. The third-order valence-corrected chi connectivity index (χ3v) is 5.71. The van der Waals surface area contributed by atoms with Crippen LogP contribution in [0.4, 0.5) is 5.82 Å². The van der Waals surface area contributed by atoms with Crippen molar-refractivity contribution in [2.24, 2.45) is 0 Å². The number of amides is 1. The molecule has 3 aromatic rings. The van der Waals surface area contributed by atoms with Crippen LogP contribution in [0.25, 0.3) is 5.69 Å². The van der Waals surface area contributed by atoms with Crippen LogP contribution in [-0.4, -0.2) is 51.5 Å². The van der Waals surface area contributed by atoms with Crippen LogP contribution < -0.4 is 4.90 Å². The summed E-state index contributed by atoms with van der Waals surface area (Å²) in [6, 6.07) is 7.53. The van der Waals surface area contributed by atoms with Crippen molar-refractivity contribution in [3.05, 3.63) is 69.9 Å². The second kappa shape index (κ2) is 8.05. The highest BCUT2D eigenvalue weighted by Gasteiger charge is 2.26. The van der Waals surface area contributed by atoms with Crippen LogP contribution in [0.15, 0.2) is 42.9 Å². The molecule has 0 aromatic carbocycles. The summed E-state index contributed by atoms with van der Waals surface area (Å²) < 4.78 is 2.06. The zero-order valence-electron chi connectivity index (χ0n) is 16.3. The summed E-state index contributed by atoms with van der Waals surface area (Å²) in [4.78, 5) is 25.7. The fraction of sp³-hybridized carbons (Fsp3) is 0.286. The second-order valence-corrected chi connectivity index (χ2v) is 7.91. The third-order valence-electron chi connectivity index (χ3n) is 5.22. The molecule has 0 saturated carbocycles. The van der Waals surface area contributed by atoms with Crippen molar-refractivity contribution >= 4 is 34.9 Å². The molecule has 150 valence electrons. The van der Waals surface area contributed by atoms with Gasteiger partial charge < -0.3 is 14.4 Å². The molecule has 1 saturated heterocycles. The van der Waals surface area contributed by atoms with Gasteiger partial charge in [-0.2, -0.15) is 0 Å². The number of aryl methyl sites for hydroxylation is 1. The number of hydrogen-bond donors (Lipinski definition) is 0. The molecule has 0 radical (unpaired) electrons. The molecule has 0 N–H and O–H groups in total. The summed E-state index contributed by atoms with van der Waals surface area (Å²) in [6.07, 6.45) is 5.13. The van der Waals surface area contributed by atoms with Crippen molar-refractivity contribution in [2.75, 3.05) is 31.1 Å². The van der Waals surface area contributed by atoms with Crippen molar-refractivity contribution in [1.82, 2.24) is 19.4 Å². The Morgan fingerprint density at radius 3 is 2.48 bits per heavy atom. The quantitative estimate of drug-likeness (QED) is 0.627. The van der Waals surface area contributed by atoms with E-state index in [9.17, 15) is 4.79 Å². The Morgan fingerprint density at radius 2 is 1.83 bits per heavy atom. The molecule has 4 heterocycles. The first kappa shape index (κ1) is 19.7. The maximum atomic E-state index is 13.2. The van der Waals surface area contributed by atoms with Crippen LogP contribution in [0.2, 0.25) is 10.0 Å². The topological polar surface area (TPSA) is 54.3 Å². The van der Waals surface area contributed by atoms with Gasteiger partial charge in [0.05, 0.1) is 27.5 Å². The largest absolute Gasteiger partial charge is 0.352 e. The van der Waals surface area contributed by atoms with E-state index in [0.29, 0.717) is 42.0 Å². The van der Waals surface area contributed by atoms with Crippen LogP contribution in [0.5, 0.6) is 0 Å². The van der Waals surface area contributed by atoms with Crippen molar-refractivity contribution < 1.29 is 4.79 Å². The van der Waals surface area contributed by atoms with E-state index in [2.05, 4.69) is 19.4 Å². The molecule has 1 aliphatic rings. The molecule has 1 fully saturated rings. The standard InChI is InChI=1S/C21H21Cl2N5O/c1-14-10-18(15(2)28(14)17-4-3-5-24-13-17)21(29)27-8-6-26(7-9-27)20-19(23)11-16(22)12-25-20/h3-5,10-13H,6-9H2,1-2H3. The van der Waals surface area contributed by atoms with Crippen molar-refractivity contribution in [1.29, 1.82) is 0 Å². The van der Waals surface area contributed by atoms with Gasteiger partial charge in [-0.25, -0.2) is 4.98 Å². The van der Waals surface area contributed by atoms with E-state index in [1.165, 1.54) is 0 Å². The number of pyridine rings is 2. The first-order valence-corrected chi connectivity index (χ1v) is 10.2. The van der Waals surface area contributed by atoms with Crippen LogP contribution in [0.1, 0.15) is 21.7 Å². The summed E-state index contributed by atoms with van der Waals surface area (Å²) >= 11 is 12.2. The average molecular weight is 430 g/mol. The Balaban J connectivity index is 1.51. The van der Waals surface area contributed by atoms with E-state index >= 15 is 0 Å². The number of halogens is 2. The molecule has 0 bridgehead atoms. The average Bonchev–Trinajstić information content (AvgIpc) is 3.02. The van der Waals surface area contributed by atoms with E-state index < -0.39 is 0 Å². The monoisotopic (exact) mass is 429 g/mol. The van der Waals surface area contributed by atoms with Crippen LogP contribution in [0, 0.1) is 13.8 Å². The molecular weight excluding hydrogens is 409 g/mol. The lowest BCUT2D eigenvalue weighted by Gasteiger charge is -2.35. The van der Waals surface area contributed by atoms with Gasteiger partial charge >= 0.3 is 0 Å². The van der Waals surface area contributed by atoms with E-state index in [1.54, 1.807) is 24.7 Å². The molecule has 29 heavy (non-hydrogen) atoms. The maximum Gasteiger partial charge on any atom is 0.255 e. The molecule has 0 unspecified atom stereocenters. The number of nitrogens with zero attached hydrogens (tertiary/aromatic N) is 5. The molecule has 0 spiro atoms. The van der Waals surface area contributed by atoms with Gasteiger partial charge in [0.15, 0.2) is 0 Å². The first-order chi connectivity index (χ1) is 14.0. The minimum absolute atomic E-state index is 0.0445. The molecule has 6 nitrogen and oxygen atoms in total. The van der Waals surface area contributed by atoms with Crippen LogP contribution >= 0.6 is 23.2 Å². The number of carbonyl (C=O) groups excluding carboxylic acids is 1. The highest BCUT2D eigenvalue weighted by atomic mass is 35.5. The second-order valence-electron chi connectivity index (χ2n) is 7.07. The number of rotatable bonds is 3. The van der Waals surface area contributed by atoms with Gasteiger partial charge in [0.2, 0.25) is 0 Å². The highest BCUT2D eigenvalue weighted by Crippen LogP contribution is 2.27. The molecule has 1 aliphatic heterocycles. The van der Waals surface area contributed by atoms with Gasteiger partial charge in [-0.1, -0.05) is 23.2 Å². The third kappa shape index (κ3) is 3.82. The molecule has 4 rings (SSSR count). The molecule has 8 heteroatoms. The first-order valence-electron chi connectivity index (χ1n) is 9.40. The van der Waals surface area contributed by atoms with Crippen molar-refractivity contribution in [2.45, 2.75) is 13.8 Å². The van der Waals surface area contributed by atoms with E-state index in [0.717, 1.165) is 22.6 Å². The van der Waals surface area contributed by atoms with E-state index in [-0.39, 0.29) is 5.91 Å². The fourth-order valence-corrected chi connectivity index (χ4v) is 4.29. The minimum Gasteiger partial charge on any atom is -0.352 e. The molecule has 3 aromatic heterocycles. The Morgan fingerprint density at radius 1 is 1.07 bits per heavy atom. The highest BCUT2D eigenvalue weighted by molar-refractivity contribution is 6.36.